The van der Waals surface area contributed by atoms with Crippen LogP contribution in [0.5, 0.6) is 0 Å². The first-order valence-electron chi connectivity index (χ1n) is 12.4. The van der Waals surface area contributed by atoms with Crippen LogP contribution in [0.25, 0.3) is 0 Å². The quantitative estimate of drug-likeness (QED) is 0.141. The van der Waals surface area contributed by atoms with E-state index >= 15 is 0 Å². The summed E-state index contributed by atoms with van der Waals surface area (Å²) in [4.78, 5) is 0. The van der Waals surface area contributed by atoms with Crippen LogP contribution in [0.15, 0.2) is 82.6 Å². The van der Waals surface area contributed by atoms with Crippen LogP contribution in [-0.4, -0.2) is 22.5 Å². The van der Waals surface area contributed by atoms with Gasteiger partial charge in [0.1, 0.15) is 5.76 Å². The molecule has 5 nitrogen and oxygen atoms in total. The summed E-state index contributed by atoms with van der Waals surface area (Å²) in [6.45, 7) is 15.7. The molecule has 0 atom stereocenters. The molecule has 0 spiro atoms. The first-order valence-corrected chi connectivity index (χ1v) is 12.4. The van der Waals surface area contributed by atoms with Gasteiger partial charge in [-0.15, -0.1) is 0 Å². The lowest BCUT2D eigenvalue weighted by Gasteiger charge is -2.18. The van der Waals surface area contributed by atoms with Gasteiger partial charge in [0.2, 0.25) is 0 Å². The summed E-state index contributed by atoms with van der Waals surface area (Å²) < 4.78 is 6.05. The van der Waals surface area contributed by atoms with Crippen molar-refractivity contribution < 1.29 is 4.74 Å². The van der Waals surface area contributed by atoms with Gasteiger partial charge in [0.05, 0.1) is 12.8 Å². The summed E-state index contributed by atoms with van der Waals surface area (Å²) in [7, 11) is 0. The van der Waals surface area contributed by atoms with Crippen LogP contribution in [-0.2, 0) is 11.3 Å². The molecule has 0 aliphatic carbocycles. The van der Waals surface area contributed by atoms with Crippen molar-refractivity contribution >= 4 is 5.71 Å². The molecule has 1 rings (SSSR count). The van der Waals surface area contributed by atoms with Crippen molar-refractivity contribution in [2.45, 2.75) is 80.7 Å². The van der Waals surface area contributed by atoms with E-state index in [1.54, 1.807) is 0 Å². The van der Waals surface area contributed by atoms with Crippen molar-refractivity contribution in [2.24, 2.45) is 0 Å². The number of aromatic nitrogens is 2. The van der Waals surface area contributed by atoms with Gasteiger partial charge in [-0.05, 0) is 76.3 Å². The Kier molecular flexibility index (Phi) is 14.1. The first kappa shape index (κ1) is 29.0. The number of H-pyrrole nitrogens is 1. The predicted octanol–water partition coefficient (Wildman–Crippen LogP) is 7.71. The lowest BCUT2D eigenvalue weighted by atomic mass is 9.96. The molecule has 34 heavy (non-hydrogen) atoms. The van der Waals surface area contributed by atoms with Crippen molar-refractivity contribution in [1.29, 1.82) is 5.41 Å². The van der Waals surface area contributed by atoms with Crippen LogP contribution >= 0.6 is 0 Å². The summed E-state index contributed by atoms with van der Waals surface area (Å²) in [6, 6.07) is 0. The minimum Gasteiger partial charge on any atom is -0.494 e. The Morgan fingerprint density at radius 3 is 2.35 bits per heavy atom. The predicted molar refractivity (Wildman–Crippen MR) is 146 cm³/mol. The van der Waals surface area contributed by atoms with Gasteiger partial charge >= 0.3 is 0 Å². The number of rotatable bonds is 15. The standard InChI is InChI=1S/C29H44N4O/c1-8-12-15-26(29(34-11-4)17-14-10-3)22(5)18-28(31-19-25-20-32-33-21-25)23(6)27(24(7)30)16-13-9-2/h8,12,15-18,20-21,30-31H,9-11,13-14,19H2,1-7H3,(H,32,33)/b12-8-,22-18+,26-15-,27-16-,28-23+,29-17-,30-24?. The maximum Gasteiger partial charge on any atom is 0.122 e. The monoisotopic (exact) mass is 464 g/mol. The molecular formula is C29H44N4O. The van der Waals surface area contributed by atoms with E-state index in [1.165, 1.54) is 0 Å². The molecule has 1 aromatic heterocycles. The normalized spacial score (nSPS) is 14.4. The Bertz CT molecular complexity index is 941. The number of unbranched alkanes of at least 4 members (excludes halogenated alkanes) is 2. The fourth-order valence-corrected chi connectivity index (χ4v) is 3.46. The van der Waals surface area contributed by atoms with Gasteiger partial charge in [-0.25, -0.2) is 0 Å². The third-order valence-electron chi connectivity index (χ3n) is 5.31. The van der Waals surface area contributed by atoms with Gasteiger partial charge in [0.15, 0.2) is 0 Å². The van der Waals surface area contributed by atoms with Gasteiger partial charge in [-0.1, -0.05) is 51.0 Å². The Balaban J connectivity index is 3.60. The van der Waals surface area contributed by atoms with Crippen LogP contribution < -0.4 is 5.32 Å². The third-order valence-corrected chi connectivity index (χ3v) is 5.31. The van der Waals surface area contributed by atoms with Crippen molar-refractivity contribution in [2.75, 3.05) is 6.61 Å². The van der Waals surface area contributed by atoms with E-state index < -0.39 is 0 Å². The van der Waals surface area contributed by atoms with Gasteiger partial charge < -0.3 is 15.5 Å². The summed E-state index contributed by atoms with van der Waals surface area (Å²) in [6.07, 6.45) is 20.5. The summed E-state index contributed by atoms with van der Waals surface area (Å²) >= 11 is 0. The smallest absolute Gasteiger partial charge is 0.122 e. The van der Waals surface area contributed by atoms with Gasteiger partial charge in [0, 0.05) is 35.3 Å². The Morgan fingerprint density at radius 1 is 1.09 bits per heavy atom. The maximum absolute atomic E-state index is 8.37. The number of nitrogens with one attached hydrogen (secondary N) is 3. The van der Waals surface area contributed by atoms with E-state index in [1.807, 2.05) is 39.2 Å². The lowest BCUT2D eigenvalue weighted by Crippen LogP contribution is -2.15. The van der Waals surface area contributed by atoms with Gasteiger partial charge in [0.25, 0.3) is 0 Å². The largest absolute Gasteiger partial charge is 0.494 e. The lowest BCUT2D eigenvalue weighted by molar-refractivity contribution is 0.237. The van der Waals surface area contributed by atoms with E-state index in [0.29, 0.717) is 18.9 Å². The number of ether oxygens (including phenoxy) is 1. The zero-order valence-corrected chi connectivity index (χ0v) is 22.2. The molecule has 3 N–H and O–H groups in total. The SMILES string of the molecule is C\C=C/C=C(C(=C\CCC)\OCC)/C(C)=C/C(NCc1cn[nH]c1)=C(C)\C(=C\CCC)C(C)=N. The number of hydrogen-bond donors (Lipinski definition) is 3. The van der Waals surface area contributed by atoms with Crippen LogP contribution in [0.2, 0.25) is 0 Å². The average molecular weight is 465 g/mol. The number of nitrogens with zero attached hydrogens (tertiary/aromatic N) is 1. The second-order valence-electron chi connectivity index (χ2n) is 8.25. The van der Waals surface area contributed by atoms with E-state index in [-0.39, 0.29) is 0 Å². The van der Waals surface area contributed by atoms with Crippen molar-refractivity contribution in [3.8, 4) is 0 Å². The summed E-state index contributed by atoms with van der Waals surface area (Å²) in [5.41, 5.74) is 6.84. The van der Waals surface area contributed by atoms with Crippen LogP contribution in [0.3, 0.4) is 0 Å². The fourth-order valence-electron chi connectivity index (χ4n) is 3.46. The highest BCUT2D eigenvalue weighted by Crippen LogP contribution is 2.25. The van der Waals surface area contributed by atoms with E-state index in [2.05, 4.69) is 73.6 Å². The van der Waals surface area contributed by atoms with Crippen LogP contribution in [0, 0.1) is 5.41 Å². The Labute approximate surface area is 207 Å². The van der Waals surface area contributed by atoms with E-state index in [9.17, 15) is 0 Å². The molecule has 0 saturated heterocycles. The van der Waals surface area contributed by atoms with Crippen molar-refractivity contribution in [1.82, 2.24) is 15.5 Å². The van der Waals surface area contributed by atoms with E-state index in [4.69, 9.17) is 10.1 Å². The van der Waals surface area contributed by atoms with Gasteiger partial charge in [-0.2, -0.15) is 5.10 Å². The van der Waals surface area contributed by atoms with Crippen LogP contribution in [0.1, 0.15) is 79.7 Å². The highest BCUT2D eigenvalue weighted by atomic mass is 16.5. The molecule has 0 aliphatic heterocycles. The molecule has 0 fully saturated rings. The average Bonchev–Trinajstić information content (AvgIpc) is 3.33. The third kappa shape index (κ3) is 9.82. The second kappa shape index (κ2) is 16.5. The minimum absolute atomic E-state index is 0.571. The molecule has 0 bridgehead atoms. The van der Waals surface area contributed by atoms with Crippen molar-refractivity contribution in [3.05, 3.63) is 88.2 Å². The highest BCUT2D eigenvalue weighted by molar-refractivity contribution is 6.00. The first-order chi connectivity index (χ1) is 16.4. The number of allylic oxidation sites excluding steroid dienone is 9. The summed E-state index contributed by atoms with van der Waals surface area (Å²) in [5, 5.41) is 18.9. The molecule has 1 aromatic rings. The molecule has 0 saturated carbocycles. The topological polar surface area (TPSA) is 73.8 Å². The number of aromatic amines is 1. The molecule has 0 aliphatic rings. The molecule has 186 valence electrons. The fraction of sp³-hybridized carbons (Fsp3) is 0.448. The summed E-state index contributed by atoms with van der Waals surface area (Å²) in [5.74, 6) is 0.910. The van der Waals surface area contributed by atoms with Gasteiger partial charge in [-0.3, -0.25) is 5.10 Å². The zero-order valence-electron chi connectivity index (χ0n) is 22.2. The molecular weight excluding hydrogens is 420 g/mol. The molecule has 0 unspecified atom stereocenters. The Morgan fingerprint density at radius 2 is 1.79 bits per heavy atom. The zero-order chi connectivity index (χ0) is 25.3. The second-order valence-corrected chi connectivity index (χ2v) is 8.25. The molecule has 0 amide bonds. The molecule has 0 aromatic carbocycles. The maximum atomic E-state index is 8.37. The molecule has 5 heteroatoms. The highest BCUT2D eigenvalue weighted by Gasteiger charge is 2.13. The van der Waals surface area contributed by atoms with Crippen molar-refractivity contribution in [3.63, 3.8) is 0 Å². The number of hydrogen-bond acceptors (Lipinski definition) is 4. The molecule has 0 radical (unpaired) electrons. The molecule has 1 heterocycles. The van der Waals surface area contributed by atoms with Crippen LogP contribution in [0.4, 0.5) is 0 Å². The van der Waals surface area contributed by atoms with E-state index in [0.717, 1.165) is 65.0 Å². The minimum atomic E-state index is 0.571. The Hall–Kier alpha value is -3.08.